The van der Waals surface area contributed by atoms with Crippen molar-refractivity contribution in [1.29, 1.82) is 0 Å². The zero-order valence-electron chi connectivity index (χ0n) is 11.9. The number of H-pyrrole nitrogens is 1. The molecule has 3 heterocycles. The Morgan fingerprint density at radius 3 is 2.90 bits per heavy atom. The second-order valence-electron chi connectivity index (χ2n) is 5.12. The van der Waals surface area contributed by atoms with Gasteiger partial charge in [-0.15, -0.1) is 5.10 Å². The third-order valence-corrected chi connectivity index (χ3v) is 3.85. The molecule has 0 unspecified atom stereocenters. The minimum absolute atomic E-state index is 0.0591. The average Bonchev–Trinajstić information content (AvgIpc) is 3.15. The van der Waals surface area contributed by atoms with Crippen LogP contribution in [-0.2, 0) is 6.42 Å². The highest BCUT2D eigenvalue weighted by atomic mass is 16.3. The number of carbonyl (C=O) groups excluding carboxylic acids is 1. The second kappa shape index (κ2) is 5.55. The molecule has 0 radical (unpaired) electrons. The van der Waals surface area contributed by atoms with Crippen molar-refractivity contribution < 1.29 is 9.21 Å². The van der Waals surface area contributed by atoms with Gasteiger partial charge in [-0.2, -0.15) is 4.98 Å². The lowest BCUT2D eigenvalue weighted by Crippen LogP contribution is -2.38. The zero-order valence-corrected chi connectivity index (χ0v) is 11.9. The Bertz CT molecular complexity index is 626. The second-order valence-corrected chi connectivity index (χ2v) is 5.12. The number of amides is 1. The topological polar surface area (TPSA) is 114 Å². The number of hydrogen-bond donors (Lipinski definition) is 2. The normalized spacial score (nSPS) is 16.3. The van der Waals surface area contributed by atoms with Gasteiger partial charge in [0.2, 0.25) is 5.95 Å². The first-order valence-electron chi connectivity index (χ1n) is 7.08. The fraction of sp³-hybridized carbons (Fsp3) is 0.538. The van der Waals surface area contributed by atoms with Crippen LogP contribution in [0.5, 0.6) is 0 Å². The molecule has 3 N–H and O–H groups in total. The summed E-state index contributed by atoms with van der Waals surface area (Å²) in [5, 5.41) is 6.70. The number of hydrogen-bond acceptors (Lipinski definition) is 6. The molecule has 3 rings (SSSR count). The number of nitrogens with two attached hydrogens (primary N) is 1. The van der Waals surface area contributed by atoms with Crippen LogP contribution < -0.4 is 5.73 Å². The molecule has 2 aromatic heterocycles. The maximum atomic E-state index is 12.4. The van der Waals surface area contributed by atoms with Crippen LogP contribution in [0.15, 0.2) is 10.8 Å². The van der Waals surface area contributed by atoms with Gasteiger partial charge in [-0.25, -0.2) is 4.98 Å². The molecule has 0 spiro atoms. The first-order valence-corrected chi connectivity index (χ1v) is 7.08. The van der Waals surface area contributed by atoms with Gasteiger partial charge >= 0.3 is 0 Å². The summed E-state index contributed by atoms with van der Waals surface area (Å²) in [6.07, 6.45) is 3.66. The minimum atomic E-state index is -0.0591. The van der Waals surface area contributed by atoms with Crippen LogP contribution in [-0.4, -0.2) is 44.1 Å². The highest BCUT2D eigenvalue weighted by molar-refractivity contribution is 5.93. The van der Waals surface area contributed by atoms with Crippen LogP contribution in [0.3, 0.4) is 0 Å². The number of carbonyl (C=O) groups is 1. The molecule has 0 saturated carbocycles. The molecule has 21 heavy (non-hydrogen) atoms. The monoisotopic (exact) mass is 290 g/mol. The van der Waals surface area contributed by atoms with Gasteiger partial charge in [0, 0.05) is 25.4 Å². The Hall–Kier alpha value is -2.38. The van der Waals surface area contributed by atoms with E-state index in [2.05, 4.69) is 20.2 Å². The maximum absolute atomic E-state index is 12.4. The van der Waals surface area contributed by atoms with Gasteiger partial charge in [0.1, 0.15) is 11.6 Å². The van der Waals surface area contributed by atoms with Crippen molar-refractivity contribution in [2.75, 3.05) is 18.8 Å². The lowest BCUT2D eigenvalue weighted by atomic mass is 9.96. The molecule has 1 fully saturated rings. The average molecular weight is 290 g/mol. The van der Waals surface area contributed by atoms with Gasteiger partial charge in [0.05, 0.1) is 0 Å². The van der Waals surface area contributed by atoms with E-state index < -0.39 is 0 Å². The van der Waals surface area contributed by atoms with Crippen LogP contribution in [0.1, 0.15) is 47.8 Å². The Morgan fingerprint density at radius 1 is 1.52 bits per heavy atom. The van der Waals surface area contributed by atoms with E-state index in [4.69, 9.17) is 10.2 Å². The highest BCUT2D eigenvalue weighted by Crippen LogP contribution is 2.26. The van der Waals surface area contributed by atoms with Crippen LogP contribution in [0.4, 0.5) is 5.95 Å². The van der Waals surface area contributed by atoms with Crippen molar-refractivity contribution in [3.05, 3.63) is 23.7 Å². The van der Waals surface area contributed by atoms with Crippen molar-refractivity contribution in [3.8, 4) is 0 Å². The lowest BCUT2D eigenvalue weighted by Gasteiger charge is -2.30. The van der Waals surface area contributed by atoms with Crippen LogP contribution in [0, 0.1) is 0 Å². The Balaban J connectivity index is 1.64. The SMILES string of the molecule is CCc1ocnc1C(=O)N1CCC(c2nc(N)n[nH]2)CC1. The van der Waals surface area contributed by atoms with Gasteiger partial charge in [-0.1, -0.05) is 6.92 Å². The van der Waals surface area contributed by atoms with Crippen molar-refractivity contribution in [3.63, 3.8) is 0 Å². The molecule has 0 bridgehead atoms. The minimum Gasteiger partial charge on any atom is -0.448 e. The molecule has 1 amide bonds. The number of rotatable bonds is 3. The fourth-order valence-corrected chi connectivity index (χ4v) is 2.67. The van der Waals surface area contributed by atoms with Gasteiger partial charge in [0.15, 0.2) is 12.1 Å². The summed E-state index contributed by atoms with van der Waals surface area (Å²) in [6, 6.07) is 0. The van der Waals surface area contributed by atoms with Crippen LogP contribution >= 0.6 is 0 Å². The summed E-state index contributed by atoms with van der Waals surface area (Å²) in [5.41, 5.74) is 5.95. The molecular weight excluding hydrogens is 272 g/mol. The molecule has 1 aliphatic heterocycles. The predicted molar refractivity (Wildman–Crippen MR) is 74.6 cm³/mol. The van der Waals surface area contributed by atoms with Crippen molar-refractivity contribution in [2.24, 2.45) is 0 Å². The quantitative estimate of drug-likeness (QED) is 0.870. The predicted octanol–water partition coefficient (Wildman–Crippen LogP) is 0.957. The summed E-state index contributed by atoms with van der Waals surface area (Å²) >= 11 is 0. The van der Waals surface area contributed by atoms with E-state index >= 15 is 0 Å². The first-order chi connectivity index (χ1) is 10.2. The number of likely N-dealkylation sites (tertiary alicyclic amines) is 1. The third-order valence-electron chi connectivity index (χ3n) is 3.85. The molecular formula is C13H18N6O2. The number of aromatic nitrogens is 4. The zero-order chi connectivity index (χ0) is 14.8. The molecule has 0 aromatic carbocycles. The van der Waals surface area contributed by atoms with Crippen molar-refractivity contribution in [2.45, 2.75) is 32.1 Å². The number of nitrogens with zero attached hydrogens (tertiary/aromatic N) is 4. The fourth-order valence-electron chi connectivity index (χ4n) is 2.67. The van der Waals surface area contributed by atoms with E-state index in [1.54, 1.807) is 0 Å². The molecule has 0 aliphatic carbocycles. The number of oxazole rings is 1. The first kappa shape index (κ1) is 13.6. The molecule has 2 aromatic rings. The van der Waals surface area contributed by atoms with E-state index in [0.29, 0.717) is 31.0 Å². The number of nitrogens with one attached hydrogen (secondary N) is 1. The Kier molecular flexibility index (Phi) is 3.59. The molecule has 0 atom stereocenters. The van der Waals surface area contributed by atoms with Crippen molar-refractivity contribution in [1.82, 2.24) is 25.1 Å². The van der Waals surface area contributed by atoms with Gasteiger partial charge < -0.3 is 15.1 Å². The lowest BCUT2D eigenvalue weighted by molar-refractivity contribution is 0.0703. The summed E-state index contributed by atoms with van der Waals surface area (Å²) in [6.45, 7) is 3.28. The molecule has 8 nitrogen and oxygen atoms in total. The number of nitrogen functional groups attached to an aromatic ring is 1. The van der Waals surface area contributed by atoms with E-state index in [0.717, 1.165) is 18.7 Å². The van der Waals surface area contributed by atoms with Gasteiger partial charge in [-0.3, -0.25) is 9.89 Å². The van der Waals surface area contributed by atoms with Crippen LogP contribution in [0.2, 0.25) is 0 Å². The summed E-state index contributed by atoms with van der Waals surface area (Å²) in [5.74, 6) is 1.91. The molecule has 1 saturated heterocycles. The third kappa shape index (κ3) is 2.61. The maximum Gasteiger partial charge on any atom is 0.276 e. The number of piperidine rings is 1. The Labute approximate surface area is 121 Å². The van der Waals surface area contributed by atoms with Crippen LogP contribution in [0.25, 0.3) is 0 Å². The van der Waals surface area contributed by atoms with Crippen molar-refractivity contribution >= 4 is 11.9 Å². The van der Waals surface area contributed by atoms with Gasteiger partial charge in [-0.05, 0) is 12.8 Å². The molecule has 1 aliphatic rings. The van der Waals surface area contributed by atoms with Gasteiger partial charge in [0.25, 0.3) is 5.91 Å². The smallest absolute Gasteiger partial charge is 0.276 e. The summed E-state index contributed by atoms with van der Waals surface area (Å²) < 4.78 is 5.22. The molecule has 8 heteroatoms. The van der Waals surface area contributed by atoms with E-state index in [-0.39, 0.29) is 17.8 Å². The van der Waals surface area contributed by atoms with E-state index in [1.165, 1.54) is 6.39 Å². The van der Waals surface area contributed by atoms with E-state index in [1.807, 2.05) is 11.8 Å². The number of aromatic amines is 1. The number of anilines is 1. The standard InChI is InChI=1S/C13H18N6O2/c1-2-9-10(15-7-21-9)12(20)19-5-3-8(4-6-19)11-16-13(14)18-17-11/h7-8H,2-6H2,1H3,(H3,14,16,17,18). The number of aryl methyl sites for hydroxylation is 1. The summed E-state index contributed by atoms with van der Waals surface area (Å²) in [4.78, 5) is 22.4. The summed E-state index contributed by atoms with van der Waals surface area (Å²) in [7, 11) is 0. The highest BCUT2D eigenvalue weighted by Gasteiger charge is 2.28. The largest absolute Gasteiger partial charge is 0.448 e. The Morgan fingerprint density at radius 2 is 2.29 bits per heavy atom. The molecule has 112 valence electrons. The van der Waals surface area contributed by atoms with E-state index in [9.17, 15) is 4.79 Å².